The first-order valence-electron chi connectivity index (χ1n) is 16.6. The van der Waals surface area contributed by atoms with E-state index >= 15 is 0 Å². The number of halogens is 2. The SMILES string of the molecule is COc1nc(O[C@H]2CCc3c(-c4cccc(C(=O)Nc5ccc(CNCCNC(C)=O)cn5)c4Cl)cccc32)c(Cl)cc1CNCCNC(C)=O. The molecule has 1 aliphatic carbocycles. The summed E-state index contributed by atoms with van der Waals surface area (Å²) >= 11 is 13.6. The second-order valence-electron chi connectivity index (χ2n) is 12.0. The van der Waals surface area contributed by atoms with E-state index in [-0.39, 0.29) is 29.7 Å². The third-order valence-corrected chi connectivity index (χ3v) is 8.92. The summed E-state index contributed by atoms with van der Waals surface area (Å²) in [5, 5.41) is 15.5. The first-order valence-corrected chi connectivity index (χ1v) is 17.4. The third-order valence-electron chi connectivity index (χ3n) is 8.24. The number of carbonyl (C=O) groups excluding carboxylic acids is 3. The van der Waals surface area contributed by atoms with Crippen LogP contribution in [-0.2, 0) is 29.1 Å². The van der Waals surface area contributed by atoms with Crippen LogP contribution in [0.4, 0.5) is 5.82 Å². The van der Waals surface area contributed by atoms with Crippen LogP contribution in [0.1, 0.15) is 59.0 Å². The second kappa shape index (κ2) is 18.0. The molecule has 0 fully saturated rings. The lowest BCUT2D eigenvalue weighted by Crippen LogP contribution is -2.30. The number of rotatable bonds is 16. The molecule has 1 atom stereocenters. The van der Waals surface area contributed by atoms with Crippen molar-refractivity contribution in [1.82, 2.24) is 31.2 Å². The van der Waals surface area contributed by atoms with E-state index in [2.05, 4.69) is 36.6 Å². The molecule has 2 aromatic heterocycles. The maximum absolute atomic E-state index is 13.4. The van der Waals surface area contributed by atoms with Crippen molar-refractivity contribution in [2.45, 2.75) is 45.9 Å². The van der Waals surface area contributed by atoms with Gasteiger partial charge in [0.2, 0.25) is 23.6 Å². The van der Waals surface area contributed by atoms with Gasteiger partial charge in [0, 0.05) is 70.4 Å². The number of ether oxygens (including phenoxy) is 2. The van der Waals surface area contributed by atoms with E-state index in [9.17, 15) is 14.4 Å². The zero-order chi connectivity index (χ0) is 36.3. The fourth-order valence-electron chi connectivity index (χ4n) is 5.82. The van der Waals surface area contributed by atoms with Crippen molar-refractivity contribution in [3.05, 3.63) is 98.7 Å². The van der Waals surface area contributed by atoms with Gasteiger partial charge in [-0.3, -0.25) is 14.4 Å². The average molecular weight is 735 g/mol. The number of aromatic nitrogens is 2. The van der Waals surface area contributed by atoms with Crippen LogP contribution in [0.2, 0.25) is 10.0 Å². The van der Waals surface area contributed by atoms with Crippen LogP contribution in [0, 0.1) is 0 Å². The molecule has 0 saturated heterocycles. The molecule has 14 heteroatoms. The number of benzene rings is 2. The van der Waals surface area contributed by atoms with Crippen LogP contribution in [-0.4, -0.2) is 61.0 Å². The highest BCUT2D eigenvalue weighted by Gasteiger charge is 2.29. The van der Waals surface area contributed by atoms with Crippen LogP contribution < -0.4 is 36.1 Å². The lowest BCUT2D eigenvalue weighted by Gasteiger charge is -2.18. The largest absolute Gasteiger partial charge is 0.481 e. The number of anilines is 1. The molecule has 268 valence electrons. The van der Waals surface area contributed by atoms with Crippen molar-refractivity contribution in [2.24, 2.45) is 0 Å². The van der Waals surface area contributed by atoms with E-state index in [1.807, 2.05) is 36.4 Å². The molecule has 51 heavy (non-hydrogen) atoms. The van der Waals surface area contributed by atoms with Crippen molar-refractivity contribution in [3.8, 4) is 22.9 Å². The van der Waals surface area contributed by atoms with Crippen LogP contribution in [0.25, 0.3) is 11.1 Å². The number of fused-ring (bicyclic) bond motifs is 1. The van der Waals surface area contributed by atoms with Crippen LogP contribution >= 0.6 is 23.2 Å². The summed E-state index contributed by atoms with van der Waals surface area (Å²) in [6.07, 6.45) is 2.81. The Bertz CT molecular complexity index is 1870. The summed E-state index contributed by atoms with van der Waals surface area (Å²) in [6.45, 7) is 6.23. The van der Waals surface area contributed by atoms with Gasteiger partial charge in [-0.1, -0.05) is 59.6 Å². The fourth-order valence-corrected chi connectivity index (χ4v) is 6.35. The van der Waals surface area contributed by atoms with Gasteiger partial charge in [0.05, 0.1) is 17.7 Å². The Hall–Kier alpha value is -4.75. The Morgan fingerprint density at radius 2 is 1.57 bits per heavy atom. The Morgan fingerprint density at radius 3 is 2.25 bits per heavy atom. The number of methoxy groups -OCH3 is 1. The summed E-state index contributed by atoms with van der Waals surface area (Å²) < 4.78 is 11.9. The number of carbonyl (C=O) groups is 3. The first kappa shape index (κ1) is 37.5. The van der Waals surface area contributed by atoms with E-state index < -0.39 is 0 Å². The van der Waals surface area contributed by atoms with Gasteiger partial charge >= 0.3 is 0 Å². The number of nitrogens with zero attached hydrogens (tertiary/aromatic N) is 2. The lowest BCUT2D eigenvalue weighted by molar-refractivity contribution is -0.119. The van der Waals surface area contributed by atoms with Crippen molar-refractivity contribution in [3.63, 3.8) is 0 Å². The number of hydrogen-bond acceptors (Lipinski definition) is 9. The van der Waals surface area contributed by atoms with E-state index in [0.717, 1.165) is 39.8 Å². The molecule has 0 unspecified atom stereocenters. The van der Waals surface area contributed by atoms with Crippen molar-refractivity contribution in [2.75, 3.05) is 38.6 Å². The highest BCUT2D eigenvalue weighted by Crippen LogP contribution is 2.43. The summed E-state index contributed by atoms with van der Waals surface area (Å²) in [5.41, 5.74) is 5.76. The smallest absolute Gasteiger partial charge is 0.258 e. The highest BCUT2D eigenvalue weighted by molar-refractivity contribution is 6.37. The van der Waals surface area contributed by atoms with Gasteiger partial charge in [0.1, 0.15) is 16.9 Å². The standard InChI is InChI=1S/C37H41Cl2N7O5/c1-22(47)42-16-14-40-19-24-10-13-33(44-20-24)45-35(49)30-9-5-8-29(34(30)39)26-6-4-7-28-27(26)11-12-32(28)51-37-31(38)18-25(36(46-37)50-3)21-41-15-17-43-23(2)48/h4-10,13,18,20,32,40-41H,11-12,14-17,19,21H2,1-3H3,(H,42,47)(H,43,48)(H,44,45,49)/t32-/m0/s1. The molecule has 2 aromatic carbocycles. The highest BCUT2D eigenvalue weighted by atomic mass is 35.5. The van der Waals surface area contributed by atoms with E-state index in [1.165, 1.54) is 13.8 Å². The fraction of sp³-hybridized carbons (Fsp3) is 0.324. The molecule has 4 aromatic rings. The predicted molar refractivity (Wildman–Crippen MR) is 197 cm³/mol. The summed E-state index contributed by atoms with van der Waals surface area (Å²) in [6, 6.07) is 16.8. The number of amides is 3. The normalized spacial score (nSPS) is 13.3. The molecule has 0 saturated carbocycles. The zero-order valence-electron chi connectivity index (χ0n) is 28.7. The van der Waals surface area contributed by atoms with E-state index in [1.54, 1.807) is 31.5 Å². The zero-order valence-corrected chi connectivity index (χ0v) is 30.2. The topological polar surface area (TPSA) is 156 Å². The van der Waals surface area contributed by atoms with Crippen molar-refractivity contribution in [1.29, 1.82) is 0 Å². The molecule has 0 bridgehead atoms. The minimum absolute atomic E-state index is 0.0678. The lowest BCUT2D eigenvalue weighted by atomic mass is 9.95. The number of hydrogen-bond donors (Lipinski definition) is 5. The quantitative estimate of drug-likeness (QED) is 0.0974. The minimum Gasteiger partial charge on any atom is -0.481 e. The molecule has 5 N–H and O–H groups in total. The second-order valence-corrected chi connectivity index (χ2v) is 12.7. The molecule has 12 nitrogen and oxygen atoms in total. The maximum Gasteiger partial charge on any atom is 0.258 e. The van der Waals surface area contributed by atoms with E-state index in [0.29, 0.717) is 73.0 Å². The molecular formula is C37H41Cl2N7O5. The van der Waals surface area contributed by atoms with Gasteiger partial charge in [-0.15, -0.1) is 0 Å². The van der Waals surface area contributed by atoms with Gasteiger partial charge in [0.15, 0.2) is 0 Å². The van der Waals surface area contributed by atoms with Gasteiger partial charge in [-0.05, 0) is 53.3 Å². The van der Waals surface area contributed by atoms with Crippen molar-refractivity contribution >= 4 is 46.7 Å². The minimum atomic E-state index is -0.370. The third kappa shape index (κ3) is 9.95. The average Bonchev–Trinajstić information content (AvgIpc) is 3.52. The molecule has 0 radical (unpaired) electrons. The summed E-state index contributed by atoms with van der Waals surface area (Å²) in [5.74, 6) is 0.551. The van der Waals surface area contributed by atoms with Crippen LogP contribution in [0.15, 0.2) is 60.8 Å². The Kier molecular flexibility index (Phi) is 13.2. The summed E-state index contributed by atoms with van der Waals surface area (Å²) in [4.78, 5) is 44.4. The first-order chi connectivity index (χ1) is 24.6. The maximum atomic E-state index is 13.4. The van der Waals surface area contributed by atoms with Crippen molar-refractivity contribution < 1.29 is 23.9 Å². The Morgan fingerprint density at radius 1 is 0.863 bits per heavy atom. The van der Waals surface area contributed by atoms with Gasteiger partial charge < -0.3 is 36.1 Å². The van der Waals surface area contributed by atoms with E-state index in [4.69, 9.17) is 32.7 Å². The molecule has 1 aliphatic rings. The number of nitrogens with one attached hydrogen (secondary N) is 5. The van der Waals surface area contributed by atoms with Gasteiger partial charge in [-0.25, -0.2) is 4.98 Å². The van der Waals surface area contributed by atoms with Gasteiger partial charge in [0.25, 0.3) is 5.91 Å². The predicted octanol–water partition coefficient (Wildman–Crippen LogP) is 5.23. The molecular weight excluding hydrogens is 693 g/mol. The molecule has 0 aliphatic heterocycles. The monoisotopic (exact) mass is 733 g/mol. The Balaban J connectivity index is 1.25. The molecule has 2 heterocycles. The summed E-state index contributed by atoms with van der Waals surface area (Å²) in [7, 11) is 1.54. The Labute approximate surface area is 307 Å². The van der Waals surface area contributed by atoms with Crippen LogP contribution in [0.5, 0.6) is 11.8 Å². The molecule has 3 amide bonds. The molecule has 0 spiro atoms. The van der Waals surface area contributed by atoms with Gasteiger partial charge in [-0.2, -0.15) is 4.98 Å². The molecule has 5 rings (SSSR count). The number of pyridine rings is 2. The van der Waals surface area contributed by atoms with Crippen LogP contribution in [0.3, 0.4) is 0 Å².